The normalized spacial score (nSPS) is 17.4. The first-order valence-corrected chi connectivity index (χ1v) is 9.16. The van der Waals surface area contributed by atoms with Crippen LogP contribution in [0.2, 0.25) is 0 Å². The topological polar surface area (TPSA) is 71.1 Å². The van der Waals surface area contributed by atoms with E-state index in [0.29, 0.717) is 5.13 Å². The quantitative estimate of drug-likeness (QED) is 0.906. The molecule has 2 aromatic rings. The third kappa shape index (κ3) is 3.28. The van der Waals surface area contributed by atoms with Gasteiger partial charge in [-0.2, -0.15) is 0 Å². The molecule has 20 heavy (non-hydrogen) atoms. The highest BCUT2D eigenvalue weighted by molar-refractivity contribution is 7.92. The van der Waals surface area contributed by atoms with E-state index in [0.717, 1.165) is 36.1 Å². The number of benzene rings is 1. The van der Waals surface area contributed by atoms with E-state index in [4.69, 9.17) is 0 Å². The third-order valence-corrected chi connectivity index (χ3v) is 5.95. The Morgan fingerprint density at radius 3 is 2.80 bits per heavy atom. The molecule has 3 rings (SSSR count). The van der Waals surface area contributed by atoms with E-state index in [1.54, 1.807) is 0 Å². The van der Waals surface area contributed by atoms with E-state index < -0.39 is 10.0 Å². The van der Waals surface area contributed by atoms with Gasteiger partial charge in [-0.25, -0.2) is 13.4 Å². The largest absolute Gasteiger partial charge is 0.317 e. The fourth-order valence-corrected chi connectivity index (χ4v) is 5.06. The van der Waals surface area contributed by atoms with Gasteiger partial charge >= 0.3 is 0 Å². The smallest absolute Gasteiger partial charge is 0.234 e. The highest BCUT2D eigenvalue weighted by Gasteiger charge is 2.22. The minimum atomic E-state index is -3.31. The van der Waals surface area contributed by atoms with Gasteiger partial charge in [-0.05, 0) is 44.0 Å². The lowest BCUT2D eigenvalue weighted by Gasteiger charge is -2.22. The molecule has 108 valence electrons. The first-order chi connectivity index (χ1) is 9.62. The molecule has 0 aliphatic carbocycles. The Kier molecular flexibility index (Phi) is 3.91. The predicted octanol–water partition coefficient (Wildman–Crippen LogP) is 2.04. The number of hydrogen-bond acceptors (Lipinski definition) is 5. The van der Waals surface area contributed by atoms with Gasteiger partial charge < -0.3 is 5.32 Å². The van der Waals surface area contributed by atoms with Gasteiger partial charge in [0.15, 0.2) is 5.13 Å². The van der Waals surface area contributed by atoms with Gasteiger partial charge in [-0.15, -0.1) is 0 Å². The fraction of sp³-hybridized carbons (Fsp3) is 0.462. The van der Waals surface area contributed by atoms with Crippen LogP contribution in [0.5, 0.6) is 0 Å². The standard InChI is InChI=1S/C13H17N3O2S2/c17-20(18,9-10-5-7-14-8-6-10)16-13-15-11-3-1-2-4-12(11)19-13/h1-4,10,14H,5-9H2,(H,15,16). The average Bonchev–Trinajstić information content (AvgIpc) is 2.80. The summed E-state index contributed by atoms with van der Waals surface area (Å²) in [5, 5.41) is 3.70. The van der Waals surface area contributed by atoms with Crippen molar-refractivity contribution in [2.45, 2.75) is 12.8 Å². The number of para-hydroxylation sites is 1. The van der Waals surface area contributed by atoms with Crippen molar-refractivity contribution in [2.75, 3.05) is 23.6 Å². The third-order valence-electron chi connectivity index (χ3n) is 3.45. The highest BCUT2D eigenvalue weighted by Crippen LogP contribution is 2.26. The molecule has 1 aliphatic rings. The van der Waals surface area contributed by atoms with E-state index in [1.165, 1.54) is 11.3 Å². The maximum atomic E-state index is 12.2. The fourth-order valence-electron chi connectivity index (χ4n) is 2.45. The molecule has 7 heteroatoms. The summed E-state index contributed by atoms with van der Waals surface area (Å²) in [5.41, 5.74) is 0.831. The van der Waals surface area contributed by atoms with E-state index in [2.05, 4.69) is 15.0 Å². The van der Waals surface area contributed by atoms with Gasteiger partial charge in [0, 0.05) is 0 Å². The monoisotopic (exact) mass is 311 g/mol. The summed E-state index contributed by atoms with van der Waals surface area (Å²) in [6.07, 6.45) is 1.83. The van der Waals surface area contributed by atoms with Crippen molar-refractivity contribution in [1.29, 1.82) is 0 Å². The van der Waals surface area contributed by atoms with Crippen LogP contribution in [0.4, 0.5) is 5.13 Å². The van der Waals surface area contributed by atoms with E-state index in [9.17, 15) is 8.42 Å². The summed E-state index contributed by atoms with van der Waals surface area (Å²) in [6.45, 7) is 1.81. The average molecular weight is 311 g/mol. The van der Waals surface area contributed by atoms with Crippen LogP contribution < -0.4 is 10.0 Å². The summed E-state index contributed by atoms with van der Waals surface area (Å²) < 4.78 is 28.0. The Balaban J connectivity index is 1.71. The van der Waals surface area contributed by atoms with Gasteiger partial charge in [-0.3, -0.25) is 4.72 Å². The van der Waals surface area contributed by atoms with Crippen molar-refractivity contribution >= 4 is 36.7 Å². The lowest BCUT2D eigenvalue weighted by atomic mass is 10.0. The zero-order chi connectivity index (χ0) is 14.0. The maximum absolute atomic E-state index is 12.2. The van der Waals surface area contributed by atoms with Crippen LogP contribution in [-0.4, -0.2) is 32.2 Å². The zero-order valence-corrected chi connectivity index (χ0v) is 12.6. The first kappa shape index (κ1) is 13.8. The predicted molar refractivity (Wildman–Crippen MR) is 82.6 cm³/mol. The van der Waals surface area contributed by atoms with Gasteiger partial charge in [0.2, 0.25) is 10.0 Å². The number of hydrogen-bond donors (Lipinski definition) is 2. The van der Waals surface area contributed by atoms with Crippen molar-refractivity contribution in [2.24, 2.45) is 5.92 Å². The summed E-state index contributed by atoms with van der Waals surface area (Å²) in [4.78, 5) is 4.31. The van der Waals surface area contributed by atoms with Gasteiger partial charge in [-0.1, -0.05) is 23.5 Å². The van der Waals surface area contributed by atoms with Crippen molar-refractivity contribution < 1.29 is 8.42 Å². The Labute approximate surface area is 122 Å². The van der Waals surface area contributed by atoms with Gasteiger partial charge in [0.1, 0.15) is 0 Å². The molecule has 0 atom stereocenters. The minimum absolute atomic E-state index is 0.185. The van der Waals surface area contributed by atoms with Crippen LogP contribution in [0.3, 0.4) is 0 Å². The lowest BCUT2D eigenvalue weighted by Crippen LogP contribution is -2.33. The Hall–Kier alpha value is -1.18. The lowest BCUT2D eigenvalue weighted by molar-refractivity contribution is 0.402. The molecule has 1 fully saturated rings. The molecule has 0 saturated carbocycles. The number of rotatable bonds is 4. The number of thiazole rings is 1. The molecule has 1 aromatic carbocycles. The summed E-state index contributed by atoms with van der Waals surface area (Å²) in [5.74, 6) is 0.424. The molecule has 0 bridgehead atoms. The molecule has 5 nitrogen and oxygen atoms in total. The van der Waals surface area contributed by atoms with Crippen molar-refractivity contribution in [3.05, 3.63) is 24.3 Å². The maximum Gasteiger partial charge on any atom is 0.234 e. The zero-order valence-electron chi connectivity index (χ0n) is 11.0. The summed E-state index contributed by atoms with van der Waals surface area (Å²) >= 11 is 1.37. The van der Waals surface area contributed by atoms with Gasteiger partial charge in [0.05, 0.1) is 16.0 Å². The molecular formula is C13H17N3O2S2. The molecule has 0 amide bonds. The van der Waals surface area contributed by atoms with Gasteiger partial charge in [0.25, 0.3) is 0 Å². The number of fused-ring (bicyclic) bond motifs is 1. The second-order valence-corrected chi connectivity index (χ2v) is 7.86. The van der Waals surface area contributed by atoms with E-state index >= 15 is 0 Å². The van der Waals surface area contributed by atoms with E-state index in [1.807, 2.05) is 24.3 Å². The van der Waals surface area contributed by atoms with Crippen LogP contribution in [0.25, 0.3) is 10.2 Å². The molecule has 0 spiro atoms. The first-order valence-electron chi connectivity index (χ1n) is 6.69. The highest BCUT2D eigenvalue weighted by atomic mass is 32.2. The Morgan fingerprint density at radius 1 is 1.30 bits per heavy atom. The molecule has 2 heterocycles. The van der Waals surface area contributed by atoms with Crippen LogP contribution in [0.15, 0.2) is 24.3 Å². The summed E-state index contributed by atoms with van der Waals surface area (Å²) in [7, 11) is -3.31. The molecule has 1 aliphatic heterocycles. The second-order valence-electron chi connectivity index (χ2n) is 5.06. The Bertz CT molecular complexity index is 657. The molecule has 0 radical (unpaired) electrons. The Morgan fingerprint density at radius 2 is 2.05 bits per heavy atom. The number of nitrogens with one attached hydrogen (secondary N) is 2. The second kappa shape index (κ2) is 5.67. The summed E-state index contributed by atoms with van der Waals surface area (Å²) in [6, 6.07) is 7.65. The number of sulfonamides is 1. The molecule has 0 unspecified atom stereocenters. The van der Waals surface area contributed by atoms with Crippen LogP contribution in [0, 0.1) is 5.92 Å². The van der Waals surface area contributed by atoms with Crippen LogP contribution in [-0.2, 0) is 10.0 Å². The molecule has 1 saturated heterocycles. The van der Waals surface area contributed by atoms with Crippen molar-refractivity contribution in [1.82, 2.24) is 10.3 Å². The number of aromatic nitrogens is 1. The van der Waals surface area contributed by atoms with E-state index in [-0.39, 0.29) is 11.7 Å². The number of anilines is 1. The van der Waals surface area contributed by atoms with Crippen molar-refractivity contribution in [3.8, 4) is 0 Å². The molecule has 2 N–H and O–H groups in total. The van der Waals surface area contributed by atoms with Crippen LogP contribution >= 0.6 is 11.3 Å². The number of piperidine rings is 1. The van der Waals surface area contributed by atoms with Crippen molar-refractivity contribution in [3.63, 3.8) is 0 Å². The minimum Gasteiger partial charge on any atom is -0.317 e. The SMILES string of the molecule is O=S(=O)(CC1CCNCC1)Nc1nc2ccccc2s1. The molecular weight excluding hydrogens is 294 g/mol. The molecule has 1 aromatic heterocycles. The van der Waals surface area contributed by atoms with Crippen LogP contribution in [0.1, 0.15) is 12.8 Å². The number of nitrogens with zero attached hydrogens (tertiary/aromatic N) is 1.